The standard InChI is InChI=1S/C14H18FNO4S/c1-8-7-11(5-6-12(8)15)21(19,20)16-13(14(17)18)9(2)10-3-4-10/h5-7,9-10,13,16H,3-4H2,1-2H3,(H,17,18)/t9-,13+/m0/s1. The van der Waals surface area contributed by atoms with Crippen molar-refractivity contribution in [2.75, 3.05) is 0 Å². The Morgan fingerprint density at radius 1 is 1.43 bits per heavy atom. The third-order valence-corrected chi connectivity index (χ3v) is 5.32. The third-order valence-electron chi connectivity index (χ3n) is 3.88. The molecule has 0 saturated heterocycles. The summed E-state index contributed by atoms with van der Waals surface area (Å²) in [4.78, 5) is 11.2. The van der Waals surface area contributed by atoms with E-state index in [1.165, 1.54) is 13.0 Å². The lowest BCUT2D eigenvalue weighted by Gasteiger charge is -2.21. The molecule has 0 radical (unpaired) electrons. The van der Waals surface area contributed by atoms with Gasteiger partial charge in [0.1, 0.15) is 11.9 Å². The van der Waals surface area contributed by atoms with Crippen molar-refractivity contribution in [3.63, 3.8) is 0 Å². The summed E-state index contributed by atoms with van der Waals surface area (Å²) in [6.07, 6.45) is 1.84. The number of carboxylic acid groups (broad SMARTS) is 1. The summed E-state index contributed by atoms with van der Waals surface area (Å²) in [6.45, 7) is 3.19. The zero-order chi connectivity index (χ0) is 15.8. The van der Waals surface area contributed by atoms with Crippen molar-refractivity contribution in [2.45, 2.75) is 37.6 Å². The normalized spacial score (nSPS) is 18.2. The van der Waals surface area contributed by atoms with Crippen LogP contribution < -0.4 is 4.72 Å². The molecule has 2 rings (SSSR count). The van der Waals surface area contributed by atoms with Crippen molar-refractivity contribution < 1.29 is 22.7 Å². The van der Waals surface area contributed by atoms with Gasteiger partial charge in [-0.3, -0.25) is 4.79 Å². The van der Waals surface area contributed by atoms with E-state index in [0.717, 1.165) is 25.0 Å². The molecule has 1 aromatic rings. The van der Waals surface area contributed by atoms with Gasteiger partial charge < -0.3 is 5.11 Å². The Hall–Kier alpha value is -1.47. The van der Waals surface area contributed by atoms with Gasteiger partial charge in [-0.25, -0.2) is 12.8 Å². The monoisotopic (exact) mass is 315 g/mol. The number of hydrogen-bond acceptors (Lipinski definition) is 3. The maximum atomic E-state index is 13.2. The molecule has 2 N–H and O–H groups in total. The Labute approximate surface area is 123 Å². The molecule has 21 heavy (non-hydrogen) atoms. The van der Waals surface area contributed by atoms with Crippen molar-refractivity contribution in [2.24, 2.45) is 11.8 Å². The summed E-state index contributed by atoms with van der Waals surface area (Å²) in [6, 6.07) is 2.21. The molecule has 1 aromatic carbocycles. The first kappa shape index (κ1) is 15.9. The lowest BCUT2D eigenvalue weighted by molar-refractivity contribution is -0.140. The highest BCUT2D eigenvalue weighted by molar-refractivity contribution is 7.89. The summed E-state index contributed by atoms with van der Waals surface area (Å²) < 4.78 is 40.0. The van der Waals surface area contributed by atoms with E-state index in [1.807, 2.05) is 0 Å². The highest BCUT2D eigenvalue weighted by atomic mass is 32.2. The summed E-state index contributed by atoms with van der Waals surface area (Å²) in [5.74, 6) is -1.74. The summed E-state index contributed by atoms with van der Waals surface area (Å²) in [5, 5.41) is 9.24. The van der Waals surface area contributed by atoms with E-state index in [2.05, 4.69) is 4.72 Å². The SMILES string of the molecule is Cc1cc(S(=O)(=O)N[C@@H](C(=O)O)[C@@H](C)C2CC2)ccc1F. The molecule has 7 heteroatoms. The fraction of sp³-hybridized carbons (Fsp3) is 0.500. The lowest BCUT2D eigenvalue weighted by Crippen LogP contribution is -2.45. The molecule has 1 aliphatic carbocycles. The van der Waals surface area contributed by atoms with Crippen LogP contribution in [0, 0.1) is 24.6 Å². The molecule has 1 aliphatic rings. The van der Waals surface area contributed by atoms with Crippen molar-refractivity contribution >= 4 is 16.0 Å². The fourth-order valence-electron chi connectivity index (χ4n) is 2.30. The van der Waals surface area contributed by atoms with Crippen molar-refractivity contribution in [3.8, 4) is 0 Å². The molecule has 0 amide bonds. The Morgan fingerprint density at radius 3 is 2.52 bits per heavy atom. The third kappa shape index (κ3) is 3.59. The fourth-order valence-corrected chi connectivity index (χ4v) is 3.66. The largest absolute Gasteiger partial charge is 0.480 e. The molecule has 5 nitrogen and oxygen atoms in total. The molecule has 0 unspecified atom stereocenters. The van der Waals surface area contributed by atoms with Crippen LogP contribution >= 0.6 is 0 Å². The van der Waals surface area contributed by atoms with Crippen molar-refractivity contribution in [3.05, 3.63) is 29.6 Å². The minimum absolute atomic E-state index is 0.129. The Balaban J connectivity index is 2.25. The number of sulfonamides is 1. The van der Waals surface area contributed by atoms with Gasteiger partial charge in [0.2, 0.25) is 10.0 Å². The second-order valence-electron chi connectivity index (χ2n) is 5.54. The van der Waals surface area contributed by atoms with Crippen LogP contribution in [-0.2, 0) is 14.8 Å². The van der Waals surface area contributed by atoms with Gasteiger partial charge in [-0.1, -0.05) is 6.92 Å². The van der Waals surface area contributed by atoms with Gasteiger partial charge in [0.15, 0.2) is 0 Å². The van der Waals surface area contributed by atoms with Gasteiger partial charge in [0.25, 0.3) is 0 Å². The van der Waals surface area contributed by atoms with Gasteiger partial charge in [-0.15, -0.1) is 0 Å². The average Bonchev–Trinajstić information content (AvgIpc) is 3.22. The second kappa shape index (κ2) is 5.73. The van der Waals surface area contributed by atoms with Gasteiger partial charge in [0, 0.05) is 0 Å². The number of aryl methyl sites for hydroxylation is 1. The summed E-state index contributed by atoms with van der Waals surface area (Å²) in [5.41, 5.74) is 0.194. The number of carboxylic acids is 1. The van der Waals surface area contributed by atoms with Crippen molar-refractivity contribution in [1.82, 2.24) is 4.72 Å². The Morgan fingerprint density at radius 2 is 2.05 bits per heavy atom. The topological polar surface area (TPSA) is 83.5 Å². The predicted molar refractivity (Wildman–Crippen MR) is 74.8 cm³/mol. The molecule has 116 valence electrons. The number of benzene rings is 1. The zero-order valence-electron chi connectivity index (χ0n) is 11.8. The van der Waals surface area contributed by atoms with E-state index < -0.39 is 27.9 Å². The predicted octanol–water partition coefficient (Wildman–Crippen LogP) is 1.91. The minimum atomic E-state index is -3.99. The molecule has 1 fully saturated rings. The molecule has 0 bridgehead atoms. The maximum Gasteiger partial charge on any atom is 0.322 e. The molecule has 0 aromatic heterocycles. The van der Waals surface area contributed by atoms with E-state index in [0.29, 0.717) is 0 Å². The van der Waals surface area contributed by atoms with Gasteiger partial charge in [0.05, 0.1) is 4.90 Å². The molecule has 0 spiro atoms. The van der Waals surface area contributed by atoms with E-state index in [9.17, 15) is 22.7 Å². The number of hydrogen-bond donors (Lipinski definition) is 2. The van der Waals surface area contributed by atoms with Crippen LogP contribution in [0.15, 0.2) is 23.1 Å². The van der Waals surface area contributed by atoms with Crippen LogP contribution in [0.5, 0.6) is 0 Å². The minimum Gasteiger partial charge on any atom is -0.480 e. The molecule has 2 atom stereocenters. The number of rotatable bonds is 6. The van der Waals surface area contributed by atoms with Crippen LogP contribution in [-0.4, -0.2) is 25.5 Å². The van der Waals surface area contributed by atoms with E-state index in [4.69, 9.17) is 0 Å². The summed E-state index contributed by atoms with van der Waals surface area (Å²) in [7, 11) is -3.99. The van der Waals surface area contributed by atoms with Crippen LogP contribution in [0.1, 0.15) is 25.3 Å². The number of nitrogens with one attached hydrogen (secondary N) is 1. The van der Waals surface area contributed by atoms with Gasteiger partial charge in [-0.2, -0.15) is 4.72 Å². The zero-order valence-corrected chi connectivity index (χ0v) is 12.7. The van der Waals surface area contributed by atoms with Gasteiger partial charge in [-0.05, 0) is 55.4 Å². The van der Waals surface area contributed by atoms with Crippen molar-refractivity contribution in [1.29, 1.82) is 0 Å². The van der Waals surface area contributed by atoms with Gasteiger partial charge >= 0.3 is 5.97 Å². The first-order valence-electron chi connectivity index (χ1n) is 6.73. The first-order chi connectivity index (χ1) is 9.72. The Bertz CT molecular complexity index is 655. The lowest BCUT2D eigenvalue weighted by atomic mass is 9.98. The first-order valence-corrected chi connectivity index (χ1v) is 8.22. The molecular weight excluding hydrogens is 297 g/mol. The molecule has 0 aliphatic heterocycles. The van der Waals surface area contributed by atoms with Crippen LogP contribution in [0.4, 0.5) is 4.39 Å². The number of aliphatic carboxylic acids is 1. The van der Waals surface area contributed by atoms with E-state index >= 15 is 0 Å². The number of halogens is 1. The second-order valence-corrected chi connectivity index (χ2v) is 7.26. The quantitative estimate of drug-likeness (QED) is 0.840. The smallest absolute Gasteiger partial charge is 0.322 e. The van der Waals surface area contributed by atoms with E-state index in [1.54, 1.807) is 6.92 Å². The highest BCUT2D eigenvalue weighted by Gasteiger charge is 2.39. The highest BCUT2D eigenvalue weighted by Crippen LogP contribution is 2.38. The van der Waals surface area contributed by atoms with Crippen LogP contribution in [0.3, 0.4) is 0 Å². The van der Waals surface area contributed by atoms with E-state index in [-0.39, 0.29) is 22.3 Å². The van der Waals surface area contributed by atoms with Crippen LogP contribution in [0.2, 0.25) is 0 Å². The molecule has 1 saturated carbocycles. The number of carbonyl (C=O) groups is 1. The van der Waals surface area contributed by atoms with Crippen LogP contribution in [0.25, 0.3) is 0 Å². The maximum absolute atomic E-state index is 13.2. The summed E-state index contributed by atoms with van der Waals surface area (Å²) >= 11 is 0. The molecular formula is C14H18FNO4S. The average molecular weight is 315 g/mol. The molecule has 0 heterocycles. The Kier molecular flexibility index (Phi) is 4.34.